The third-order valence-electron chi connectivity index (χ3n) is 3.97. The van der Waals surface area contributed by atoms with Crippen molar-refractivity contribution in [1.82, 2.24) is 15.5 Å². The monoisotopic (exact) mass is 378 g/mol. The first kappa shape index (κ1) is 22.6. The summed E-state index contributed by atoms with van der Waals surface area (Å²) in [6.45, 7) is 3.50. The van der Waals surface area contributed by atoms with E-state index >= 15 is 0 Å². The van der Waals surface area contributed by atoms with E-state index in [1.165, 1.54) is 4.90 Å². The highest BCUT2D eigenvalue weighted by Gasteiger charge is 2.26. The molecule has 3 amide bonds. The molecule has 5 N–H and O–H groups in total. The van der Waals surface area contributed by atoms with Crippen LogP contribution in [0, 0.1) is 5.92 Å². The Kier molecular flexibility index (Phi) is 8.90. The van der Waals surface area contributed by atoms with Crippen LogP contribution in [0.4, 0.5) is 0 Å². The number of benzene rings is 1. The number of rotatable bonds is 9. The number of aliphatic hydroxyl groups excluding tert-OH is 1. The SMILES string of the molecule is CC(C)CC(N)C(O)C(=O)NCC(=O)N[C@H](C(=O)N(C)C)c1ccccc1. The third-order valence-corrected chi connectivity index (χ3v) is 3.97. The maximum absolute atomic E-state index is 12.4. The highest BCUT2D eigenvalue weighted by molar-refractivity contribution is 5.91. The number of amides is 3. The lowest BCUT2D eigenvalue weighted by Gasteiger charge is -2.23. The minimum absolute atomic E-state index is 0.231. The van der Waals surface area contributed by atoms with Gasteiger partial charge in [0.1, 0.15) is 12.1 Å². The van der Waals surface area contributed by atoms with Gasteiger partial charge in [-0.15, -0.1) is 0 Å². The van der Waals surface area contributed by atoms with Gasteiger partial charge in [-0.1, -0.05) is 44.2 Å². The van der Waals surface area contributed by atoms with Gasteiger partial charge >= 0.3 is 0 Å². The fourth-order valence-corrected chi connectivity index (χ4v) is 2.54. The van der Waals surface area contributed by atoms with Crippen LogP contribution in [0.5, 0.6) is 0 Å². The van der Waals surface area contributed by atoms with Crippen LogP contribution in [0.1, 0.15) is 31.9 Å². The van der Waals surface area contributed by atoms with Crippen molar-refractivity contribution in [2.24, 2.45) is 11.7 Å². The summed E-state index contributed by atoms with van der Waals surface area (Å²) in [6.07, 6.45) is -0.915. The normalized spacial score (nSPS) is 14.2. The zero-order valence-electron chi connectivity index (χ0n) is 16.3. The molecule has 0 aliphatic heterocycles. The maximum Gasteiger partial charge on any atom is 0.250 e. The molecule has 0 radical (unpaired) electrons. The quantitative estimate of drug-likeness (QED) is 0.473. The number of likely N-dealkylation sites (N-methyl/N-ethyl adjacent to an activating group) is 1. The molecule has 3 atom stereocenters. The lowest BCUT2D eigenvalue weighted by Crippen LogP contribution is -2.50. The summed E-state index contributed by atoms with van der Waals surface area (Å²) in [5.74, 6) is -1.32. The van der Waals surface area contributed by atoms with Gasteiger partial charge in [0.25, 0.3) is 5.91 Å². The van der Waals surface area contributed by atoms with Crippen molar-refractivity contribution in [2.75, 3.05) is 20.6 Å². The maximum atomic E-state index is 12.4. The van der Waals surface area contributed by atoms with Crippen LogP contribution >= 0.6 is 0 Å². The molecular formula is C19H30N4O4. The molecule has 150 valence electrons. The molecule has 0 saturated carbocycles. The molecule has 0 bridgehead atoms. The Morgan fingerprint density at radius 1 is 1.15 bits per heavy atom. The predicted octanol–water partition coefficient (Wildman–Crippen LogP) is -0.217. The summed E-state index contributed by atoms with van der Waals surface area (Å²) in [6, 6.07) is 7.25. The second-order valence-corrected chi connectivity index (χ2v) is 7.10. The summed E-state index contributed by atoms with van der Waals surface area (Å²) in [5, 5.41) is 14.9. The third kappa shape index (κ3) is 7.36. The van der Waals surface area contributed by atoms with Gasteiger partial charge in [0.15, 0.2) is 0 Å². The average molecular weight is 378 g/mol. The fourth-order valence-electron chi connectivity index (χ4n) is 2.54. The van der Waals surface area contributed by atoms with Gasteiger partial charge in [0.2, 0.25) is 11.8 Å². The van der Waals surface area contributed by atoms with Crippen molar-refractivity contribution >= 4 is 17.7 Å². The standard InChI is InChI=1S/C19H30N4O4/c1-12(2)10-14(20)17(25)18(26)21-11-15(24)22-16(19(27)23(3)4)13-8-6-5-7-9-13/h5-9,12,14,16-17,25H,10-11,20H2,1-4H3,(H,21,26)(H,22,24)/t14?,16-,17?/m0/s1. The minimum atomic E-state index is -1.39. The van der Waals surface area contributed by atoms with Gasteiger partial charge in [-0.05, 0) is 17.9 Å². The molecule has 0 aliphatic carbocycles. The zero-order valence-corrected chi connectivity index (χ0v) is 16.3. The van der Waals surface area contributed by atoms with E-state index < -0.39 is 30.0 Å². The summed E-state index contributed by atoms with van der Waals surface area (Å²) in [5.41, 5.74) is 6.43. The number of carbonyl (C=O) groups is 3. The van der Waals surface area contributed by atoms with Crippen molar-refractivity contribution < 1.29 is 19.5 Å². The van der Waals surface area contributed by atoms with Crippen molar-refractivity contribution in [3.63, 3.8) is 0 Å². The highest BCUT2D eigenvalue weighted by atomic mass is 16.3. The van der Waals surface area contributed by atoms with E-state index in [0.717, 1.165) is 0 Å². The van der Waals surface area contributed by atoms with Crippen molar-refractivity contribution in [1.29, 1.82) is 0 Å². The van der Waals surface area contributed by atoms with Gasteiger partial charge in [-0.3, -0.25) is 14.4 Å². The van der Waals surface area contributed by atoms with Crippen LogP contribution in [0.25, 0.3) is 0 Å². The van der Waals surface area contributed by atoms with Gasteiger partial charge in [0, 0.05) is 20.1 Å². The number of nitrogens with one attached hydrogen (secondary N) is 2. The van der Waals surface area contributed by atoms with E-state index in [-0.39, 0.29) is 18.4 Å². The molecule has 27 heavy (non-hydrogen) atoms. The van der Waals surface area contributed by atoms with E-state index in [9.17, 15) is 19.5 Å². The molecule has 8 heteroatoms. The van der Waals surface area contributed by atoms with E-state index in [4.69, 9.17) is 5.73 Å². The summed E-state index contributed by atoms with van der Waals surface area (Å²) in [7, 11) is 3.19. The highest BCUT2D eigenvalue weighted by Crippen LogP contribution is 2.14. The first-order valence-electron chi connectivity index (χ1n) is 8.90. The van der Waals surface area contributed by atoms with Gasteiger partial charge in [-0.2, -0.15) is 0 Å². The molecular weight excluding hydrogens is 348 g/mol. The first-order chi connectivity index (χ1) is 12.6. The van der Waals surface area contributed by atoms with Crippen LogP contribution in [-0.4, -0.2) is 60.5 Å². The summed E-state index contributed by atoms with van der Waals surface area (Å²) in [4.78, 5) is 38.0. The Hall–Kier alpha value is -2.45. The number of hydrogen-bond donors (Lipinski definition) is 4. The number of aliphatic hydroxyl groups is 1. The van der Waals surface area contributed by atoms with Crippen LogP contribution in [0.2, 0.25) is 0 Å². The lowest BCUT2D eigenvalue weighted by atomic mass is 9.99. The number of nitrogens with two attached hydrogens (primary N) is 1. The molecule has 1 aromatic carbocycles. The molecule has 2 unspecified atom stereocenters. The molecule has 1 aromatic rings. The molecule has 0 spiro atoms. The minimum Gasteiger partial charge on any atom is -0.382 e. The van der Waals surface area contributed by atoms with Crippen molar-refractivity contribution in [3.05, 3.63) is 35.9 Å². The second-order valence-electron chi connectivity index (χ2n) is 7.10. The molecule has 0 fully saturated rings. The van der Waals surface area contributed by atoms with Gasteiger partial charge in [0.05, 0.1) is 6.54 Å². The van der Waals surface area contributed by atoms with Crippen LogP contribution in [0.15, 0.2) is 30.3 Å². The van der Waals surface area contributed by atoms with E-state index in [1.807, 2.05) is 19.9 Å². The van der Waals surface area contributed by atoms with E-state index in [2.05, 4.69) is 10.6 Å². The smallest absolute Gasteiger partial charge is 0.250 e. The number of carbonyl (C=O) groups excluding carboxylic acids is 3. The molecule has 0 saturated heterocycles. The molecule has 0 heterocycles. The largest absolute Gasteiger partial charge is 0.382 e. The van der Waals surface area contributed by atoms with Gasteiger partial charge < -0.3 is 26.4 Å². The van der Waals surface area contributed by atoms with Crippen molar-refractivity contribution in [3.8, 4) is 0 Å². The van der Waals surface area contributed by atoms with Crippen LogP contribution < -0.4 is 16.4 Å². The Morgan fingerprint density at radius 3 is 2.26 bits per heavy atom. The van der Waals surface area contributed by atoms with E-state index in [1.54, 1.807) is 38.4 Å². The Labute approximate surface area is 160 Å². The topological polar surface area (TPSA) is 125 Å². The Morgan fingerprint density at radius 2 is 1.74 bits per heavy atom. The summed E-state index contributed by atoms with van der Waals surface area (Å²) >= 11 is 0. The molecule has 1 rings (SSSR count). The number of hydrogen-bond acceptors (Lipinski definition) is 5. The fraction of sp³-hybridized carbons (Fsp3) is 0.526. The predicted molar refractivity (Wildman–Crippen MR) is 102 cm³/mol. The Bertz CT molecular complexity index is 634. The zero-order chi connectivity index (χ0) is 20.6. The van der Waals surface area contributed by atoms with Crippen molar-refractivity contribution in [2.45, 2.75) is 38.5 Å². The molecule has 8 nitrogen and oxygen atoms in total. The van der Waals surface area contributed by atoms with Crippen LogP contribution in [0.3, 0.4) is 0 Å². The lowest BCUT2D eigenvalue weighted by molar-refractivity contribution is -0.135. The first-order valence-corrected chi connectivity index (χ1v) is 8.90. The van der Waals surface area contributed by atoms with E-state index in [0.29, 0.717) is 12.0 Å². The average Bonchev–Trinajstić information content (AvgIpc) is 2.62. The van der Waals surface area contributed by atoms with Crippen LogP contribution in [-0.2, 0) is 14.4 Å². The number of nitrogens with zero attached hydrogens (tertiary/aromatic N) is 1. The molecule has 0 aliphatic rings. The summed E-state index contributed by atoms with van der Waals surface area (Å²) < 4.78 is 0. The second kappa shape index (κ2) is 10.6. The van der Waals surface area contributed by atoms with Gasteiger partial charge in [-0.25, -0.2) is 0 Å². The molecule has 0 aromatic heterocycles. The Balaban J connectivity index is 2.67.